The minimum atomic E-state index is -0.125. The van der Waals surface area contributed by atoms with Crippen molar-refractivity contribution in [1.82, 2.24) is 15.2 Å². The summed E-state index contributed by atoms with van der Waals surface area (Å²) in [6.07, 6.45) is 1.30. The van der Waals surface area contributed by atoms with Gasteiger partial charge in [0.05, 0.1) is 6.61 Å². The van der Waals surface area contributed by atoms with Crippen molar-refractivity contribution in [3.8, 4) is 0 Å². The Labute approximate surface area is 60.6 Å². The van der Waals surface area contributed by atoms with Crippen LogP contribution >= 0.6 is 0 Å². The summed E-state index contributed by atoms with van der Waals surface area (Å²) in [5.74, 6) is 0.375. The molecule has 0 unspecified atom stereocenters. The largest absolute Gasteiger partial charge is 0.427 e. The van der Waals surface area contributed by atoms with Gasteiger partial charge in [-0.15, -0.1) is 0 Å². The van der Waals surface area contributed by atoms with Crippen molar-refractivity contribution in [2.45, 2.75) is 6.61 Å². The molecule has 1 rings (SSSR count). The number of aliphatic hydroxyl groups is 1. The van der Waals surface area contributed by atoms with Crippen LogP contribution < -0.4 is 5.10 Å². The summed E-state index contributed by atoms with van der Waals surface area (Å²) in [4.78, 5) is 3.56. The average molecular weight is 282 g/mol. The van der Waals surface area contributed by atoms with Crippen LogP contribution in [0.4, 0.5) is 0 Å². The molecular formula is C3H4N3OW-. The van der Waals surface area contributed by atoms with Gasteiger partial charge in [-0.1, -0.05) is 0 Å². The normalized spacial score (nSPS) is 8.12. The number of rotatable bonds is 1. The van der Waals surface area contributed by atoms with Gasteiger partial charge in [0.15, 0.2) is 0 Å². The summed E-state index contributed by atoms with van der Waals surface area (Å²) < 4.78 is 0. The Kier molecular flexibility index (Phi) is 3.65. The molecular weight excluding hydrogens is 278 g/mol. The third-order valence-corrected chi connectivity index (χ3v) is 0.573. The van der Waals surface area contributed by atoms with Gasteiger partial charge in [-0.25, -0.2) is 0 Å². The smallest absolute Gasteiger partial charge is 0.0619 e. The van der Waals surface area contributed by atoms with Crippen LogP contribution in [-0.2, 0) is 27.7 Å². The Morgan fingerprint density at radius 1 is 1.75 bits per heavy atom. The molecule has 0 fully saturated rings. The van der Waals surface area contributed by atoms with E-state index < -0.39 is 0 Å². The SMILES string of the molecule is OCc1ncn[n-]1.[W]. The molecule has 5 heteroatoms. The summed E-state index contributed by atoms with van der Waals surface area (Å²) >= 11 is 0. The summed E-state index contributed by atoms with van der Waals surface area (Å²) in [6, 6.07) is 0. The molecule has 0 aromatic carbocycles. The summed E-state index contributed by atoms with van der Waals surface area (Å²) in [5, 5.41) is 15.1. The molecule has 0 radical (unpaired) electrons. The van der Waals surface area contributed by atoms with E-state index in [0.29, 0.717) is 5.82 Å². The Bertz CT molecular complexity index is 129. The third-order valence-electron chi connectivity index (χ3n) is 0.573. The average Bonchev–Trinajstić information content (AvgIpc) is 2.14. The van der Waals surface area contributed by atoms with E-state index in [1.807, 2.05) is 0 Å². The van der Waals surface area contributed by atoms with E-state index in [0.717, 1.165) is 0 Å². The second kappa shape index (κ2) is 3.75. The van der Waals surface area contributed by atoms with Gasteiger partial charge in [-0.2, -0.15) is 0 Å². The number of hydrogen-bond acceptors (Lipinski definition) is 3. The predicted octanol–water partition coefficient (Wildman–Crippen LogP) is -1.08. The molecule has 1 N–H and O–H groups in total. The summed E-state index contributed by atoms with van der Waals surface area (Å²) in [6.45, 7) is -0.125. The van der Waals surface area contributed by atoms with Crippen molar-refractivity contribution in [1.29, 1.82) is 0 Å². The monoisotopic (exact) mass is 282 g/mol. The zero-order valence-corrected chi connectivity index (χ0v) is 6.91. The molecule has 1 heterocycles. The zero-order chi connectivity index (χ0) is 5.11. The molecule has 0 aliphatic heterocycles. The summed E-state index contributed by atoms with van der Waals surface area (Å²) in [7, 11) is 0. The molecule has 0 saturated heterocycles. The van der Waals surface area contributed by atoms with Crippen LogP contribution in [0.5, 0.6) is 0 Å². The van der Waals surface area contributed by atoms with Crippen LogP contribution in [0.25, 0.3) is 0 Å². The van der Waals surface area contributed by atoms with Gasteiger partial charge < -0.3 is 15.2 Å². The Morgan fingerprint density at radius 3 is 2.75 bits per heavy atom. The number of aromatic nitrogens is 3. The van der Waals surface area contributed by atoms with Crippen molar-refractivity contribution in [3.63, 3.8) is 0 Å². The second-order valence-corrected chi connectivity index (χ2v) is 1.03. The molecule has 0 bridgehead atoms. The topological polar surface area (TPSA) is 60.1 Å². The van der Waals surface area contributed by atoms with E-state index in [1.54, 1.807) is 0 Å². The van der Waals surface area contributed by atoms with E-state index >= 15 is 0 Å². The second-order valence-electron chi connectivity index (χ2n) is 1.03. The van der Waals surface area contributed by atoms with Crippen LogP contribution in [0.15, 0.2) is 6.33 Å². The van der Waals surface area contributed by atoms with E-state index in [-0.39, 0.29) is 27.7 Å². The molecule has 0 saturated carbocycles. The molecule has 0 spiro atoms. The van der Waals surface area contributed by atoms with E-state index in [2.05, 4.69) is 15.2 Å². The fraction of sp³-hybridized carbons (Fsp3) is 0.333. The van der Waals surface area contributed by atoms with E-state index in [4.69, 9.17) is 5.11 Å². The maximum atomic E-state index is 8.26. The first-order valence-electron chi connectivity index (χ1n) is 1.83. The minimum absolute atomic E-state index is 0. The van der Waals surface area contributed by atoms with Gasteiger partial charge in [0.2, 0.25) is 0 Å². The fourth-order valence-corrected chi connectivity index (χ4v) is 0.283. The molecule has 0 aliphatic carbocycles. The van der Waals surface area contributed by atoms with Gasteiger partial charge >= 0.3 is 0 Å². The third kappa shape index (κ3) is 1.72. The van der Waals surface area contributed by atoms with Gasteiger partial charge in [0.1, 0.15) is 0 Å². The molecule has 1 aromatic heterocycles. The van der Waals surface area contributed by atoms with Gasteiger partial charge in [0.25, 0.3) is 0 Å². The molecule has 4 nitrogen and oxygen atoms in total. The van der Waals surface area contributed by atoms with Crippen LogP contribution in [0.2, 0.25) is 0 Å². The predicted molar refractivity (Wildman–Crippen MR) is 21.3 cm³/mol. The molecule has 0 aliphatic rings. The van der Waals surface area contributed by atoms with Gasteiger partial charge in [-0.3, -0.25) is 5.10 Å². The maximum Gasteiger partial charge on any atom is 0.0619 e. The Morgan fingerprint density at radius 2 is 2.50 bits per heavy atom. The first-order chi connectivity index (χ1) is 3.43. The minimum Gasteiger partial charge on any atom is -0.427 e. The van der Waals surface area contributed by atoms with Gasteiger partial charge in [0, 0.05) is 27.4 Å². The van der Waals surface area contributed by atoms with Crippen LogP contribution in [0.1, 0.15) is 5.82 Å². The van der Waals surface area contributed by atoms with Crippen molar-refractivity contribution in [3.05, 3.63) is 12.2 Å². The van der Waals surface area contributed by atoms with Gasteiger partial charge in [-0.05, 0) is 5.82 Å². The zero-order valence-electron chi connectivity index (χ0n) is 3.98. The molecule has 0 atom stereocenters. The molecule has 1 aromatic rings. The van der Waals surface area contributed by atoms with Crippen molar-refractivity contribution in [2.75, 3.05) is 0 Å². The standard InChI is InChI=1S/C3H4N3O.W/c7-1-3-4-2-5-6-3;/h2,7H,1H2;/q-1;. The Balaban J connectivity index is 0.000000490. The van der Waals surface area contributed by atoms with Crippen molar-refractivity contribution < 1.29 is 26.2 Å². The first-order valence-corrected chi connectivity index (χ1v) is 1.83. The summed E-state index contributed by atoms with van der Waals surface area (Å²) in [5.41, 5.74) is 0. The number of hydrogen-bond donors (Lipinski definition) is 1. The van der Waals surface area contributed by atoms with Crippen LogP contribution in [0.3, 0.4) is 0 Å². The van der Waals surface area contributed by atoms with Crippen LogP contribution in [-0.4, -0.2) is 15.2 Å². The molecule has 8 heavy (non-hydrogen) atoms. The van der Waals surface area contributed by atoms with Crippen LogP contribution in [0, 0.1) is 0 Å². The number of nitrogens with zero attached hydrogens (tertiary/aromatic N) is 3. The number of aliphatic hydroxyl groups excluding tert-OH is 1. The Hall–Kier alpha value is -0.212. The van der Waals surface area contributed by atoms with E-state index in [1.165, 1.54) is 6.33 Å². The maximum absolute atomic E-state index is 8.26. The molecule has 44 valence electrons. The first kappa shape index (κ1) is 7.79. The van der Waals surface area contributed by atoms with Crippen molar-refractivity contribution >= 4 is 0 Å². The fourth-order valence-electron chi connectivity index (χ4n) is 0.283. The van der Waals surface area contributed by atoms with Crippen molar-refractivity contribution in [2.24, 2.45) is 0 Å². The quantitative estimate of drug-likeness (QED) is 0.712. The molecule has 0 amide bonds. The van der Waals surface area contributed by atoms with E-state index in [9.17, 15) is 0 Å².